The Labute approximate surface area is 185 Å². The molecular formula is C22H20F3N5O3. The summed E-state index contributed by atoms with van der Waals surface area (Å²) in [4.78, 5) is 36.5. The van der Waals surface area contributed by atoms with Crippen LogP contribution in [0.3, 0.4) is 0 Å². The summed E-state index contributed by atoms with van der Waals surface area (Å²) in [6.45, 7) is 0.801. The molecule has 0 spiro atoms. The molecule has 0 aliphatic rings. The van der Waals surface area contributed by atoms with Gasteiger partial charge in [-0.2, -0.15) is 13.2 Å². The standard InChI is InChI=1S/C22H20F3N5O3/c1-30(7-8-33-2)21(32)11-3-5-14-13(9-11)17(26)18(27-14)19-20(31)29-16-10-12(22(23,24)25)4-6-15(16)28-19/h3-6,9-10,27H,7-8,26H2,1-2H3,(H,29,31). The zero-order chi connectivity index (χ0) is 23.9. The molecule has 33 heavy (non-hydrogen) atoms. The van der Waals surface area contributed by atoms with E-state index in [2.05, 4.69) is 15.0 Å². The minimum Gasteiger partial charge on any atom is -0.396 e. The summed E-state index contributed by atoms with van der Waals surface area (Å²) in [5.74, 6) is -0.224. The summed E-state index contributed by atoms with van der Waals surface area (Å²) in [6, 6.07) is 7.82. The van der Waals surface area contributed by atoms with E-state index in [1.54, 1.807) is 32.4 Å². The Balaban J connectivity index is 1.77. The molecule has 1 amide bonds. The highest BCUT2D eigenvalue weighted by Crippen LogP contribution is 2.33. The third-order valence-electron chi connectivity index (χ3n) is 5.32. The number of fused-ring (bicyclic) bond motifs is 2. The molecule has 4 aromatic rings. The van der Waals surface area contributed by atoms with Crippen molar-refractivity contribution < 1.29 is 22.7 Å². The number of benzene rings is 2. The first-order valence-electron chi connectivity index (χ1n) is 9.87. The first kappa shape index (κ1) is 22.3. The lowest BCUT2D eigenvalue weighted by Gasteiger charge is -2.16. The molecule has 4 N–H and O–H groups in total. The van der Waals surface area contributed by atoms with Gasteiger partial charge >= 0.3 is 6.18 Å². The molecule has 2 aromatic heterocycles. The number of likely N-dealkylation sites (N-methyl/N-ethyl adjacent to an activating group) is 1. The molecule has 172 valence electrons. The zero-order valence-electron chi connectivity index (χ0n) is 17.7. The van der Waals surface area contributed by atoms with Crippen LogP contribution in [0.1, 0.15) is 15.9 Å². The van der Waals surface area contributed by atoms with Gasteiger partial charge in [0.1, 0.15) is 0 Å². The van der Waals surface area contributed by atoms with Crippen LogP contribution in [0.4, 0.5) is 18.9 Å². The first-order chi connectivity index (χ1) is 15.6. The third kappa shape index (κ3) is 4.14. The molecular weight excluding hydrogens is 439 g/mol. The predicted octanol–water partition coefficient (Wildman–Crippen LogP) is 3.39. The Hall–Kier alpha value is -3.86. The Morgan fingerprint density at radius 1 is 1.15 bits per heavy atom. The summed E-state index contributed by atoms with van der Waals surface area (Å²) in [5, 5.41) is 0.518. The molecule has 4 rings (SSSR count). The van der Waals surface area contributed by atoms with E-state index in [0.29, 0.717) is 29.6 Å². The maximum Gasteiger partial charge on any atom is 0.416 e. The number of anilines is 1. The highest BCUT2D eigenvalue weighted by molar-refractivity contribution is 6.04. The molecule has 0 fully saturated rings. The second-order valence-corrected chi connectivity index (χ2v) is 7.54. The van der Waals surface area contributed by atoms with E-state index < -0.39 is 17.3 Å². The molecule has 0 aliphatic carbocycles. The number of methoxy groups -OCH3 is 1. The molecule has 8 nitrogen and oxygen atoms in total. The summed E-state index contributed by atoms with van der Waals surface area (Å²) < 4.78 is 43.9. The molecule has 0 radical (unpaired) electrons. The monoisotopic (exact) mass is 459 g/mol. The number of halogens is 3. The normalized spacial score (nSPS) is 11.9. The molecule has 0 aliphatic heterocycles. The van der Waals surface area contributed by atoms with Crippen LogP contribution < -0.4 is 11.3 Å². The predicted molar refractivity (Wildman–Crippen MR) is 118 cm³/mol. The first-order valence-corrected chi connectivity index (χ1v) is 9.87. The van der Waals surface area contributed by atoms with Crippen LogP contribution in [0.5, 0.6) is 0 Å². The number of carbonyl (C=O) groups excluding carboxylic acids is 1. The number of alkyl halides is 3. The van der Waals surface area contributed by atoms with Gasteiger partial charge in [-0.3, -0.25) is 9.59 Å². The van der Waals surface area contributed by atoms with Gasteiger partial charge in [0.2, 0.25) is 0 Å². The largest absolute Gasteiger partial charge is 0.416 e. The lowest BCUT2D eigenvalue weighted by Crippen LogP contribution is -2.29. The minimum atomic E-state index is -4.54. The smallest absolute Gasteiger partial charge is 0.396 e. The van der Waals surface area contributed by atoms with Crippen LogP contribution in [0.2, 0.25) is 0 Å². The van der Waals surface area contributed by atoms with Gasteiger partial charge in [0.25, 0.3) is 11.5 Å². The van der Waals surface area contributed by atoms with Gasteiger partial charge in [0.15, 0.2) is 5.69 Å². The highest BCUT2D eigenvalue weighted by Gasteiger charge is 2.30. The number of amides is 1. The van der Waals surface area contributed by atoms with Crippen LogP contribution in [0.25, 0.3) is 33.3 Å². The van der Waals surface area contributed by atoms with E-state index in [-0.39, 0.29) is 34.0 Å². The maximum absolute atomic E-state index is 13.0. The number of nitrogens with zero attached hydrogens (tertiary/aromatic N) is 2. The number of ether oxygens (including phenoxy) is 1. The van der Waals surface area contributed by atoms with Crippen molar-refractivity contribution in [2.45, 2.75) is 6.18 Å². The molecule has 0 unspecified atom stereocenters. The van der Waals surface area contributed by atoms with Crippen LogP contribution in [0, 0.1) is 0 Å². The average molecular weight is 459 g/mol. The number of nitrogens with one attached hydrogen (secondary N) is 2. The van der Waals surface area contributed by atoms with Crippen molar-refractivity contribution in [1.82, 2.24) is 19.9 Å². The van der Waals surface area contributed by atoms with Crippen LogP contribution >= 0.6 is 0 Å². The summed E-state index contributed by atoms with van der Waals surface area (Å²) in [6.07, 6.45) is -4.54. The summed E-state index contributed by atoms with van der Waals surface area (Å²) in [7, 11) is 3.20. The third-order valence-corrected chi connectivity index (χ3v) is 5.32. The number of nitrogen functional groups attached to an aromatic ring is 1. The fourth-order valence-corrected chi connectivity index (χ4v) is 3.51. The van der Waals surface area contributed by atoms with Crippen molar-refractivity contribution in [3.63, 3.8) is 0 Å². The SMILES string of the molecule is COCCN(C)C(=O)c1ccc2[nH]c(-c3nc4ccc(C(F)(F)F)cc4[nH]c3=O)c(N)c2c1. The second-order valence-electron chi connectivity index (χ2n) is 7.54. The lowest BCUT2D eigenvalue weighted by molar-refractivity contribution is -0.137. The highest BCUT2D eigenvalue weighted by atomic mass is 19.4. The molecule has 0 saturated carbocycles. The number of hydrogen-bond donors (Lipinski definition) is 3. The second kappa shape index (κ2) is 8.24. The molecule has 2 aromatic carbocycles. The Bertz CT molecular complexity index is 1420. The molecule has 0 atom stereocenters. The van der Waals surface area contributed by atoms with Crippen LogP contribution in [-0.4, -0.2) is 53.1 Å². The van der Waals surface area contributed by atoms with Crippen LogP contribution in [0.15, 0.2) is 41.2 Å². The van der Waals surface area contributed by atoms with E-state index in [0.717, 1.165) is 12.1 Å². The minimum absolute atomic E-state index is 0.0414. The van der Waals surface area contributed by atoms with E-state index in [9.17, 15) is 22.8 Å². The Morgan fingerprint density at radius 3 is 2.61 bits per heavy atom. The van der Waals surface area contributed by atoms with E-state index in [1.165, 1.54) is 11.0 Å². The van der Waals surface area contributed by atoms with Crippen molar-refractivity contribution in [2.75, 3.05) is 33.0 Å². The summed E-state index contributed by atoms with van der Waals surface area (Å²) in [5.41, 5.74) is 6.13. The van der Waals surface area contributed by atoms with Gasteiger partial charge in [-0.25, -0.2) is 4.98 Å². The Morgan fingerprint density at radius 2 is 1.91 bits per heavy atom. The maximum atomic E-state index is 13.0. The van der Waals surface area contributed by atoms with Gasteiger partial charge in [0.05, 0.1) is 34.6 Å². The van der Waals surface area contributed by atoms with Crippen molar-refractivity contribution in [3.05, 3.63) is 57.9 Å². The number of rotatable bonds is 5. The quantitative estimate of drug-likeness (QED) is 0.423. The molecule has 0 saturated heterocycles. The zero-order valence-corrected chi connectivity index (χ0v) is 17.7. The number of carbonyl (C=O) groups is 1. The summed E-state index contributed by atoms with van der Waals surface area (Å²) >= 11 is 0. The number of aromatic amines is 2. The van der Waals surface area contributed by atoms with Gasteiger partial charge in [-0.1, -0.05) is 0 Å². The molecule has 2 heterocycles. The molecule has 0 bridgehead atoms. The topological polar surface area (TPSA) is 117 Å². The van der Waals surface area contributed by atoms with Crippen molar-refractivity contribution in [2.24, 2.45) is 0 Å². The van der Waals surface area contributed by atoms with E-state index in [1.807, 2.05) is 0 Å². The van der Waals surface area contributed by atoms with Gasteiger partial charge in [-0.15, -0.1) is 0 Å². The number of aromatic nitrogens is 3. The van der Waals surface area contributed by atoms with Crippen molar-refractivity contribution in [1.29, 1.82) is 0 Å². The van der Waals surface area contributed by atoms with Crippen LogP contribution in [-0.2, 0) is 10.9 Å². The number of H-pyrrole nitrogens is 2. The lowest BCUT2D eigenvalue weighted by atomic mass is 10.1. The van der Waals surface area contributed by atoms with E-state index >= 15 is 0 Å². The van der Waals surface area contributed by atoms with Crippen molar-refractivity contribution >= 4 is 33.5 Å². The number of nitrogens with two attached hydrogens (primary N) is 1. The van der Waals surface area contributed by atoms with E-state index in [4.69, 9.17) is 10.5 Å². The fourth-order valence-electron chi connectivity index (χ4n) is 3.51. The molecule has 11 heteroatoms. The van der Waals surface area contributed by atoms with Crippen molar-refractivity contribution in [3.8, 4) is 11.4 Å². The number of hydrogen-bond acceptors (Lipinski definition) is 5. The van der Waals surface area contributed by atoms with Gasteiger partial charge in [-0.05, 0) is 36.4 Å². The fraction of sp³-hybridized carbons (Fsp3) is 0.227. The Kier molecular flexibility index (Phi) is 5.58. The average Bonchev–Trinajstić information content (AvgIpc) is 3.11. The van der Waals surface area contributed by atoms with Gasteiger partial charge < -0.3 is 25.3 Å². The van der Waals surface area contributed by atoms with Gasteiger partial charge in [0, 0.05) is 37.2 Å².